The zero-order valence-electron chi connectivity index (χ0n) is 7.81. The third-order valence-electron chi connectivity index (χ3n) is 1.88. The van der Waals surface area contributed by atoms with E-state index in [2.05, 4.69) is 0 Å². The summed E-state index contributed by atoms with van der Waals surface area (Å²) in [5.74, 6) is -1.43. The summed E-state index contributed by atoms with van der Waals surface area (Å²) in [7, 11) is 0. The molecule has 0 amide bonds. The summed E-state index contributed by atoms with van der Waals surface area (Å²) in [5.41, 5.74) is -0.846. The lowest BCUT2D eigenvalue weighted by atomic mass is 10.0. The van der Waals surface area contributed by atoms with Gasteiger partial charge in [-0.3, -0.25) is 4.79 Å². The summed E-state index contributed by atoms with van der Waals surface area (Å²) >= 11 is 5.49. The van der Waals surface area contributed by atoms with Gasteiger partial charge in [0.05, 0.1) is 5.38 Å². The first kappa shape index (κ1) is 12.0. The molecule has 0 radical (unpaired) electrons. The van der Waals surface area contributed by atoms with E-state index >= 15 is 0 Å². The molecule has 1 nitrogen and oxygen atoms in total. The van der Waals surface area contributed by atoms with Gasteiger partial charge in [0.2, 0.25) is 0 Å². The van der Waals surface area contributed by atoms with Gasteiger partial charge in [-0.25, -0.2) is 13.2 Å². The van der Waals surface area contributed by atoms with Crippen LogP contribution in [0, 0.1) is 5.82 Å². The average molecular weight is 237 g/mol. The van der Waals surface area contributed by atoms with Crippen molar-refractivity contribution >= 4 is 17.4 Å². The summed E-state index contributed by atoms with van der Waals surface area (Å²) in [4.78, 5) is 11.4. The fourth-order valence-corrected chi connectivity index (χ4v) is 1.27. The highest BCUT2D eigenvalue weighted by atomic mass is 35.5. The molecule has 0 aliphatic heterocycles. The first-order chi connectivity index (χ1) is 6.93. The zero-order chi connectivity index (χ0) is 11.6. The lowest BCUT2D eigenvalue weighted by molar-refractivity contribution is 0.0977. The Kier molecular flexibility index (Phi) is 3.74. The van der Waals surface area contributed by atoms with E-state index in [4.69, 9.17) is 11.6 Å². The molecule has 0 saturated carbocycles. The van der Waals surface area contributed by atoms with Gasteiger partial charge in [0.15, 0.2) is 5.78 Å². The van der Waals surface area contributed by atoms with Crippen molar-refractivity contribution in [2.45, 2.75) is 18.7 Å². The summed E-state index contributed by atoms with van der Waals surface area (Å²) in [6, 6.07) is 2.63. The van der Waals surface area contributed by atoms with E-state index in [0.29, 0.717) is 6.07 Å². The Balaban J connectivity index is 3.23. The predicted molar refractivity (Wildman–Crippen MR) is 51.0 cm³/mol. The van der Waals surface area contributed by atoms with E-state index in [1.807, 2.05) is 0 Å². The number of carbonyl (C=O) groups is 1. The van der Waals surface area contributed by atoms with Crippen LogP contribution in [-0.2, 0) is 0 Å². The van der Waals surface area contributed by atoms with Gasteiger partial charge in [-0.05, 0) is 25.1 Å². The zero-order valence-corrected chi connectivity index (χ0v) is 8.56. The van der Waals surface area contributed by atoms with Crippen LogP contribution in [0.3, 0.4) is 0 Å². The smallest absolute Gasteiger partial charge is 0.264 e. The molecule has 82 valence electrons. The quantitative estimate of drug-likeness (QED) is 0.579. The fourth-order valence-electron chi connectivity index (χ4n) is 1.15. The molecule has 1 aromatic rings. The van der Waals surface area contributed by atoms with Gasteiger partial charge in [-0.2, -0.15) is 0 Å². The van der Waals surface area contributed by atoms with Crippen LogP contribution in [0.25, 0.3) is 0 Å². The Hall–Kier alpha value is -1.03. The number of ketones is 1. The van der Waals surface area contributed by atoms with Crippen molar-refractivity contribution in [3.63, 3.8) is 0 Å². The van der Waals surface area contributed by atoms with Crippen molar-refractivity contribution in [2.24, 2.45) is 0 Å². The van der Waals surface area contributed by atoms with E-state index < -0.39 is 29.0 Å². The lowest BCUT2D eigenvalue weighted by Crippen LogP contribution is -2.13. The SMILES string of the molecule is CC(Cl)C(=O)c1ccc(F)cc1C(F)F. The number of hydrogen-bond acceptors (Lipinski definition) is 1. The van der Waals surface area contributed by atoms with Crippen LogP contribution < -0.4 is 0 Å². The molecule has 1 aromatic carbocycles. The average Bonchev–Trinajstić information content (AvgIpc) is 2.16. The minimum absolute atomic E-state index is 0.228. The van der Waals surface area contributed by atoms with Crippen LogP contribution in [0.2, 0.25) is 0 Å². The molecule has 0 fully saturated rings. The monoisotopic (exact) mass is 236 g/mol. The Morgan fingerprint density at radius 2 is 2.00 bits per heavy atom. The summed E-state index contributed by atoms with van der Waals surface area (Å²) < 4.78 is 37.6. The van der Waals surface area contributed by atoms with Crippen molar-refractivity contribution in [3.05, 3.63) is 35.1 Å². The van der Waals surface area contributed by atoms with Gasteiger partial charge in [0.1, 0.15) is 5.82 Å². The molecule has 0 heterocycles. The second-order valence-corrected chi connectivity index (χ2v) is 3.67. The van der Waals surface area contributed by atoms with Gasteiger partial charge in [-0.15, -0.1) is 11.6 Å². The van der Waals surface area contributed by atoms with Crippen molar-refractivity contribution in [1.82, 2.24) is 0 Å². The molecule has 1 rings (SSSR count). The standard InChI is InChI=1S/C10H8ClF3O/c1-5(11)9(15)7-3-2-6(12)4-8(7)10(13)14/h2-5,10H,1H3. The molecule has 1 atom stereocenters. The molecule has 1 unspecified atom stereocenters. The summed E-state index contributed by atoms with van der Waals surface area (Å²) in [6.07, 6.45) is -2.89. The van der Waals surface area contributed by atoms with Crippen LogP contribution in [0.4, 0.5) is 13.2 Å². The number of Topliss-reactive ketones (excluding diaryl/α,β-unsaturated/α-hetero) is 1. The van der Waals surface area contributed by atoms with Gasteiger partial charge in [0, 0.05) is 11.1 Å². The topological polar surface area (TPSA) is 17.1 Å². The van der Waals surface area contributed by atoms with Crippen molar-refractivity contribution in [2.75, 3.05) is 0 Å². The van der Waals surface area contributed by atoms with Crippen LogP contribution >= 0.6 is 11.6 Å². The van der Waals surface area contributed by atoms with Crippen LogP contribution in [0.1, 0.15) is 29.3 Å². The Bertz CT molecular complexity index is 377. The second-order valence-electron chi connectivity index (χ2n) is 3.01. The maximum atomic E-state index is 12.7. The second kappa shape index (κ2) is 4.66. The van der Waals surface area contributed by atoms with E-state index in [1.54, 1.807) is 0 Å². The summed E-state index contributed by atoms with van der Waals surface area (Å²) in [6.45, 7) is 1.38. The minimum Gasteiger partial charge on any atom is -0.293 e. The van der Waals surface area contributed by atoms with Gasteiger partial charge in [0.25, 0.3) is 6.43 Å². The van der Waals surface area contributed by atoms with E-state index in [9.17, 15) is 18.0 Å². The highest BCUT2D eigenvalue weighted by molar-refractivity contribution is 6.33. The first-order valence-corrected chi connectivity index (χ1v) is 4.63. The van der Waals surface area contributed by atoms with E-state index in [-0.39, 0.29) is 5.56 Å². The molecular formula is C10H8ClF3O. The normalized spacial score (nSPS) is 12.9. The number of halogens is 4. The largest absolute Gasteiger partial charge is 0.293 e. The van der Waals surface area contributed by atoms with Gasteiger partial charge >= 0.3 is 0 Å². The number of rotatable bonds is 3. The van der Waals surface area contributed by atoms with Crippen LogP contribution in [0.15, 0.2) is 18.2 Å². The Morgan fingerprint density at radius 3 is 2.47 bits per heavy atom. The number of hydrogen-bond donors (Lipinski definition) is 0. The molecule has 0 aliphatic carbocycles. The van der Waals surface area contributed by atoms with Crippen molar-refractivity contribution in [1.29, 1.82) is 0 Å². The maximum Gasteiger partial charge on any atom is 0.264 e. The molecular weight excluding hydrogens is 229 g/mol. The van der Waals surface area contributed by atoms with Gasteiger partial charge < -0.3 is 0 Å². The highest BCUT2D eigenvalue weighted by Crippen LogP contribution is 2.25. The van der Waals surface area contributed by atoms with Crippen LogP contribution in [-0.4, -0.2) is 11.2 Å². The molecule has 0 bridgehead atoms. The summed E-state index contributed by atoms with van der Waals surface area (Å²) in [5, 5.41) is -0.909. The fraction of sp³-hybridized carbons (Fsp3) is 0.300. The number of alkyl halides is 3. The minimum atomic E-state index is -2.89. The van der Waals surface area contributed by atoms with E-state index in [1.165, 1.54) is 6.92 Å². The van der Waals surface area contributed by atoms with Crippen LogP contribution in [0.5, 0.6) is 0 Å². The Labute approximate surface area is 89.9 Å². The molecule has 0 aromatic heterocycles. The Morgan fingerprint density at radius 1 is 1.40 bits per heavy atom. The van der Waals surface area contributed by atoms with Crippen molar-refractivity contribution in [3.8, 4) is 0 Å². The van der Waals surface area contributed by atoms with Crippen molar-refractivity contribution < 1.29 is 18.0 Å². The number of benzene rings is 1. The van der Waals surface area contributed by atoms with E-state index in [0.717, 1.165) is 12.1 Å². The number of carbonyl (C=O) groups excluding carboxylic acids is 1. The predicted octanol–water partition coefficient (Wildman–Crippen LogP) is 3.57. The molecule has 0 spiro atoms. The molecule has 0 saturated heterocycles. The lowest BCUT2D eigenvalue weighted by Gasteiger charge is -2.08. The third kappa shape index (κ3) is 2.72. The highest BCUT2D eigenvalue weighted by Gasteiger charge is 2.21. The molecule has 0 aliphatic rings. The maximum absolute atomic E-state index is 12.7. The third-order valence-corrected chi connectivity index (χ3v) is 2.07. The molecule has 15 heavy (non-hydrogen) atoms. The molecule has 0 N–H and O–H groups in total. The van der Waals surface area contributed by atoms with Gasteiger partial charge in [-0.1, -0.05) is 0 Å². The first-order valence-electron chi connectivity index (χ1n) is 4.19. The molecule has 5 heteroatoms.